The van der Waals surface area contributed by atoms with Crippen LogP contribution >= 0.6 is 0 Å². The fraction of sp³-hybridized carbons (Fsp3) is 0.364. The predicted molar refractivity (Wildman–Crippen MR) is 114 cm³/mol. The molecule has 0 spiro atoms. The molecule has 0 aliphatic rings. The Balaban J connectivity index is 1.92. The van der Waals surface area contributed by atoms with Gasteiger partial charge in [-0.1, -0.05) is 12.1 Å². The molecule has 0 radical (unpaired) electrons. The minimum atomic E-state index is -0.124. The molecule has 0 heterocycles. The smallest absolute Gasteiger partial charge is 0.251 e. The van der Waals surface area contributed by atoms with Crippen LogP contribution in [0.15, 0.2) is 42.5 Å². The van der Waals surface area contributed by atoms with Gasteiger partial charge in [0.15, 0.2) is 11.5 Å². The summed E-state index contributed by atoms with van der Waals surface area (Å²) in [4.78, 5) is 25.9. The van der Waals surface area contributed by atoms with Crippen molar-refractivity contribution in [3.8, 4) is 11.5 Å². The normalized spacial score (nSPS) is 10.5. The van der Waals surface area contributed by atoms with Crippen LogP contribution < -0.4 is 20.1 Å². The number of amides is 2. The lowest BCUT2D eigenvalue weighted by molar-refractivity contribution is -0.117. The first-order valence-corrected chi connectivity index (χ1v) is 9.65. The Hall–Kier alpha value is -3.06. The third-order valence-electron chi connectivity index (χ3n) is 4.14. The van der Waals surface area contributed by atoms with Gasteiger partial charge in [0.05, 0.1) is 19.8 Å². The van der Waals surface area contributed by atoms with Crippen LogP contribution in [0.2, 0.25) is 0 Å². The van der Waals surface area contributed by atoms with Crippen molar-refractivity contribution in [2.24, 2.45) is 0 Å². The molecule has 2 aromatic rings. The van der Waals surface area contributed by atoms with Gasteiger partial charge in [0, 0.05) is 30.9 Å². The van der Waals surface area contributed by atoms with E-state index in [0.717, 1.165) is 5.56 Å². The molecule has 156 valence electrons. The zero-order valence-corrected chi connectivity index (χ0v) is 17.5. The van der Waals surface area contributed by atoms with Crippen molar-refractivity contribution in [2.45, 2.75) is 20.4 Å². The summed E-state index contributed by atoms with van der Waals surface area (Å²) < 4.78 is 11.1. The summed E-state index contributed by atoms with van der Waals surface area (Å²) in [6, 6.07) is 12.7. The SMILES string of the molecule is CCOc1ccc(NC(=O)CN(C)Cc2ccc(C(=O)NC)cc2)cc1OCC. The molecule has 7 nitrogen and oxygen atoms in total. The summed E-state index contributed by atoms with van der Waals surface area (Å²) in [6.07, 6.45) is 0. The largest absolute Gasteiger partial charge is 0.490 e. The van der Waals surface area contributed by atoms with Gasteiger partial charge < -0.3 is 20.1 Å². The molecule has 0 aliphatic carbocycles. The van der Waals surface area contributed by atoms with Gasteiger partial charge in [-0.05, 0) is 50.7 Å². The maximum Gasteiger partial charge on any atom is 0.251 e. The van der Waals surface area contributed by atoms with E-state index in [0.29, 0.717) is 42.5 Å². The van der Waals surface area contributed by atoms with E-state index in [2.05, 4.69) is 10.6 Å². The molecule has 0 bridgehead atoms. The van der Waals surface area contributed by atoms with E-state index in [-0.39, 0.29) is 18.4 Å². The third kappa shape index (κ3) is 6.80. The van der Waals surface area contributed by atoms with Crippen molar-refractivity contribution in [3.63, 3.8) is 0 Å². The minimum Gasteiger partial charge on any atom is -0.490 e. The van der Waals surface area contributed by atoms with Crippen molar-refractivity contribution >= 4 is 17.5 Å². The van der Waals surface area contributed by atoms with Crippen molar-refractivity contribution in [1.29, 1.82) is 0 Å². The Kier molecular flexibility index (Phi) is 8.48. The fourth-order valence-electron chi connectivity index (χ4n) is 2.85. The van der Waals surface area contributed by atoms with Crippen LogP contribution in [-0.2, 0) is 11.3 Å². The Labute approximate surface area is 172 Å². The van der Waals surface area contributed by atoms with Gasteiger partial charge in [-0.25, -0.2) is 0 Å². The number of carbonyl (C=O) groups excluding carboxylic acids is 2. The average Bonchev–Trinajstić information content (AvgIpc) is 2.70. The number of ether oxygens (including phenoxy) is 2. The number of rotatable bonds is 10. The van der Waals surface area contributed by atoms with Gasteiger partial charge >= 0.3 is 0 Å². The number of nitrogens with zero attached hydrogens (tertiary/aromatic N) is 1. The third-order valence-corrected chi connectivity index (χ3v) is 4.14. The van der Waals surface area contributed by atoms with E-state index in [1.165, 1.54) is 0 Å². The van der Waals surface area contributed by atoms with Crippen LogP contribution in [0.3, 0.4) is 0 Å². The summed E-state index contributed by atoms with van der Waals surface area (Å²) >= 11 is 0. The first-order chi connectivity index (χ1) is 14.0. The molecule has 29 heavy (non-hydrogen) atoms. The lowest BCUT2D eigenvalue weighted by atomic mass is 10.1. The lowest BCUT2D eigenvalue weighted by Crippen LogP contribution is -2.29. The van der Waals surface area contributed by atoms with Crippen molar-refractivity contribution < 1.29 is 19.1 Å². The number of carbonyl (C=O) groups is 2. The maximum atomic E-state index is 12.4. The van der Waals surface area contributed by atoms with E-state index < -0.39 is 0 Å². The molecule has 7 heteroatoms. The van der Waals surface area contributed by atoms with E-state index in [9.17, 15) is 9.59 Å². The quantitative estimate of drug-likeness (QED) is 0.642. The highest BCUT2D eigenvalue weighted by Crippen LogP contribution is 2.30. The van der Waals surface area contributed by atoms with Crippen LogP contribution in [0, 0.1) is 0 Å². The molecule has 0 fully saturated rings. The average molecular weight is 399 g/mol. The van der Waals surface area contributed by atoms with E-state index in [4.69, 9.17) is 9.47 Å². The topological polar surface area (TPSA) is 79.9 Å². The van der Waals surface area contributed by atoms with Crippen LogP contribution in [-0.4, -0.2) is 50.6 Å². The van der Waals surface area contributed by atoms with E-state index in [1.807, 2.05) is 37.9 Å². The van der Waals surface area contributed by atoms with E-state index >= 15 is 0 Å². The number of nitrogens with one attached hydrogen (secondary N) is 2. The van der Waals surface area contributed by atoms with Gasteiger partial charge in [0.1, 0.15) is 0 Å². The summed E-state index contributed by atoms with van der Waals surface area (Å²) in [6.45, 7) is 5.69. The highest BCUT2D eigenvalue weighted by atomic mass is 16.5. The molecular weight excluding hydrogens is 370 g/mol. The van der Waals surface area contributed by atoms with Gasteiger partial charge in [-0.15, -0.1) is 0 Å². The van der Waals surface area contributed by atoms with Crippen LogP contribution in [0.5, 0.6) is 11.5 Å². The number of likely N-dealkylation sites (N-methyl/N-ethyl adjacent to an activating group) is 1. The summed E-state index contributed by atoms with van der Waals surface area (Å²) in [5.74, 6) is 1.02. The van der Waals surface area contributed by atoms with Crippen molar-refractivity contribution in [1.82, 2.24) is 10.2 Å². The Morgan fingerprint density at radius 3 is 2.24 bits per heavy atom. The Morgan fingerprint density at radius 1 is 0.966 bits per heavy atom. The van der Waals surface area contributed by atoms with Gasteiger partial charge in [0.25, 0.3) is 5.91 Å². The lowest BCUT2D eigenvalue weighted by Gasteiger charge is -2.17. The minimum absolute atomic E-state index is 0.119. The molecule has 0 saturated heterocycles. The van der Waals surface area contributed by atoms with Crippen molar-refractivity contribution in [3.05, 3.63) is 53.6 Å². The standard InChI is InChI=1S/C22H29N3O4/c1-5-28-19-12-11-18(13-20(19)29-6-2)24-21(26)15-25(4)14-16-7-9-17(10-8-16)22(27)23-3/h7-13H,5-6,14-15H2,1-4H3,(H,23,27)(H,24,26). The monoisotopic (exact) mass is 399 g/mol. The molecule has 0 unspecified atom stereocenters. The highest BCUT2D eigenvalue weighted by Gasteiger charge is 2.11. The van der Waals surface area contributed by atoms with Crippen LogP contribution in [0.1, 0.15) is 29.8 Å². The summed E-state index contributed by atoms with van der Waals surface area (Å²) in [5.41, 5.74) is 2.29. The molecule has 2 N–H and O–H groups in total. The number of anilines is 1. The first kappa shape index (κ1) is 22.2. The summed E-state index contributed by atoms with van der Waals surface area (Å²) in [5, 5.41) is 5.48. The molecule has 0 saturated carbocycles. The fourth-order valence-corrected chi connectivity index (χ4v) is 2.85. The van der Waals surface area contributed by atoms with Gasteiger partial charge in [-0.3, -0.25) is 14.5 Å². The van der Waals surface area contributed by atoms with E-state index in [1.54, 1.807) is 37.4 Å². The Bertz CT molecular complexity index is 821. The molecule has 2 rings (SSSR count). The van der Waals surface area contributed by atoms with Gasteiger partial charge in [0.2, 0.25) is 5.91 Å². The Morgan fingerprint density at radius 2 is 1.62 bits per heavy atom. The number of hydrogen-bond acceptors (Lipinski definition) is 5. The second-order valence-corrected chi connectivity index (χ2v) is 6.52. The molecule has 0 atom stereocenters. The highest BCUT2D eigenvalue weighted by molar-refractivity contribution is 5.94. The van der Waals surface area contributed by atoms with Crippen LogP contribution in [0.25, 0.3) is 0 Å². The molecule has 0 aliphatic heterocycles. The second kappa shape index (κ2) is 11.1. The van der Waals surface area contributed by atoms with Crippen molar-refractivity contribution in [2.75, 3.05) is 39.2 Å². The molecule has 2 amide bonds. The summed E-state index contributed by atoms with van der Waals surface area (Å²) in [7, 11) is 3.47. The number of hydrogen-bond donors (Lipinski definition) is 2. The second-order valence-electron chi connectivity index (χ2n) is 6.52. The molecule has 0 aromatic heterocycles. The zero-order chi connectivity index (χ0) is 21.2. The van der Waals surface area contributed by atoms with Gasteiger partial charge in [-0.2, -0.15) is 0 Å². The maximum absolute atomic E-state index is 12.4. The first-order valence-electron chi connectivity index (χ1n) is 9.65. The zero-order valence-electron chi connectivity index (χ0n) is 17.5. The molecular formula is C22H29N3O4. The number of benzene rings is 2. The molecule has 2 aromatic carbocycles. The predicted octanol–water partition coefficient (Wildman–Crippen LogP) is 2.91. The van der Waals surface area contributed by atoms with Crippen LogP contribution in [0.4, 0.5) is 5.69 Å².